The van der Waals surface area contributed by atoms with E-state index in [4.69, 9.17) is 23.2 Å². The minimum Gasteiger partial charge on any atom is -0.384 e. The Balaban J connectivity index is 2.78. The minimum absolute atomic E-state index is 0.595. The molecule has 0 heterocycles. The Morgan fingerprint density at radius 3 is 2.75 bits per heavy atom. The summed E-state index contributed by atoms with van der Waals surface area (Å²) >= 11 is 11.8. The van der Waals surface area contributed by atoms with E-state index >= 15 is 0 Å². The molecule has 0 aliphatic carbocycles. The molecule has 0 unspecified atom stereocenters. The van der Waals surface area contributed by atoms with E-state index in [-0.39, 0.29) is 0 Å². The van der Waals surface area contributed by atoms with Crippen molar-refractivity contribution in [3.05, 3.63) is 28.2 Å². The van der Waals surface area contributed by atoms with Crippen LogP contribution in [0.3, 0.4) is 0 Å². The van der Waals surface area contributed by atoms with E-state index in [2.05, 4.69) is 12.2 Å². The molecule has 0 radical (unpaired) electrons. The van der Waals surface area contributed by atoms with Crippen molar-refractivity contribution in [1.29, 1.82) is 0 Å². The van der Waals surface area contributed by atoms with Gasteiger partial charge < -0.3 is 5.32 Å². The normalized spacial score (nSPS) is 9.92. The molecule has 0 saturated heterocycles. The first kappa shape index (κ1) is 9.69. The average Bonchev–Trinajstić information content (AvgIpc) is 2.08. The van der Waals surface area contributed by atoms with Gasteiger partial charge in [-0.25, -0.2) is 0 Å². The molecule has 0 bridgehead atoms. The second-order valence-corrected chi connectivity index (χ2v) is 3.31. The SMILES string of the molecule is CCCNc1cccc(Cl)c1Cl. The Morgan fingerprint density at radius 1 is 1.33 bits per heavy atom. The van der Waals surface area contributed by atoms with Gasteiger partial charge in [-0.2, -0.15) is 0 Å². The van der Waals surface area contributed by atoms with Crippen LogP contribution >= 0.6 is 23.2 Å². The van der Waals surface area contributed by atoms with Gasteiger partial charge in [0.2, 0.25) is 0 Å². The Labute approximate surface area is 82.7 Å². The van der Waals surface area contributed by atoms with Crippen molar-refractivity contribution in [3.8, 4) is 0 Å². The van der Waals surface area contributed by atoms with Crippen LogP contribution in [0.4, 0.5) is 5.69 Å². The van der Waals surface area contributed by atoms with Gasteiger partial charge in [-0.05, 0) is 18.6 Å². The van der Waals surface area contributed by atoms with Crippen LogP contribution in [-0.4, -0.2) is 6.54 Å². The van der Waals surface area contributed by atoms with Crippen LogP contribution in [0.1, 0.15) is 13.3 Å². The summed E-state index contributed by atoms with van der Waals surface area (Å²) in [5.74, 6) is 0. The van der Waals surface area contributed by atoms with Crippen molar-refractivity contribution in [2.24, 2.45) is 0 Å². The number of hydrogen-bond donors (Lipinski definition) is 1. The molecule has 1 N–H and O–H groups in total. The van der Waals surface area contributed by atoms with Crippen molar-refractivity contribution >= 4 is 28.9 Å². The maximum atomic E-state index is 5.93. The van der Waals surface area contributed by atoms with Gasteiger partial charge in [-0.3, -0.25) is 0 Å². The Kier molecular flexibility index (Phi) is 3.70. The molecule has 0 aliphatic rings. The van der Waals surface area contributed by atoms with Crippen molar-refractivity contribution in [2.75, 3.05) is 11.9 Å². The molecule has 66 valence electrons. The standard InChI is InChI=1S/C9H11Cl2N/c1-2-6-12-8-5-3-4-7(10)9(8)11/h3-5,12H,2,6H2,1H3. The average molecular weight is 204 g/mol. The first-order chi connectivity index (χ1) is 5.75. The number of halogens is 2. The third kappa shape index (κ3) is 2.29. The summed E-state index contributed by atoms with van der Waals surface area (Å²) in [5, 5.41) is 4.39. The van der Waals surface area contributed by atoms with E-state index in [1.54, 1.807) is 6.07 Å². The third-order valence-electron chi connectivity index (χ3n) is 1.52. The molecular weight excluding hydrogens is 193 g/mol. The van der Waals surface area contributed by atoms with Crippen LogP contribution in [0, 0.1) is 0 Å². The third-order valence-corrected chi connectivity index (χ3v) is 2.34. The van der Waals surface area contributed by atoms with Crippen LogP contribution in [0.5, 0.6) is 0 Å². The number of nitrogens with one attached hydrogen (secondary N) is 1. The predicted octanol–water partition coefficient (Wildman–Crippen LogP) is 3.82. The van der Waals surface area contributed by atoms with Crippen LogP contribution in [0.25, 0.3) is 0 Å². The topological polar surface area (TPSA) is 12.0 Å². The van der Waals surface area contributed by atoms with E-state index in [0.717, 1.165) is 18.7 Å². The van der Waals surface area contributed by atoms with Gasteiger partial charge in [0, 0.05) is 6.54 Å². The highest BCUT2D eigenvalue weighted by Crippen LogP contribution is 2.29. The van der Waals surface area contributed by atoms with Gasteiger partial charge in [0.1, 0.15) is 0 Å². The Morgan fingerprint density at radius 2 is 2.08 bits per heavy atom. The van der Waals surface area contributed by atoms with Crippen LogP contribution in [0.15, 0.2) is 18.2 Å². The molecule has 0 spiro atoms. The molecule has 1 aromatic carbocycles. The molecule has 12 heavy (non-hydrogen) atoms. The molecule has 0 aliphatic heterocycles. The number of rotatable bonds is 3. The fourth-order valence-corrected chi connectivity index (χ4v) is 1.27. The monoisotopic (exact) mass is 203 g/mol. The van der Waals surface area contributed by atoms with Gasteiger partial charge in [0.25, 0.3) is 0 Å². The molecule has 0 saturated carbocycles. The summed E-state index contributed by atoms with van der Waals surface area (Å²) in [6, 6.07) is 5.58. The van der Waals surface area contributed by atoms with Gasteiger partial charge in [0.15, 0.2) is 0 Å². The van der Waals surface area contributed by atoms with Crippen LogP contribution in [-0.2, 0) is 0 Å². The van der Waals surface area contributed by atoms with E-state index in [9.17, 15) is 0 Å². The summed E-state index contributed by atoms with van der Waals surface area (Å²) in [4.78, 5) is 0. The smallest absolute Gasteiger partial charge is 0.0823 e. The molecule has 1 aromatic rings. The van der Waals surface area contributed by atoms with Gasteiger partial charge in [0.05, 0.1) is 15.7 Å². The summed E-state index contributed by atoms with van der Waals surface area (Å²) in [7, 11) is 0. The minimum atomic E-state index is 0.595. The number of anilines is 1. The van der Waals surface area contributed by atoms with Gasteiger partial charge in [-0.15, -0.1) is 0 Å². The summed E-state index contributed by atoms with van der Waals surface area (Å²) < 4.78 is 0. The molecule has 1 nitrogen and oxygen atoms in total. The number of hydrogen-bond acceptors (Lipinski definition) is 1. The molecule has 1 rings (SSSR count). The zero-order chi connectivity index (χ0) is 8.97. The summed E-state index contributed by atoms with van der Waals surface area (Å²) in [6.07, 6.45) is 1.07. The first-order valence-electron chi connectivity index (χ1n) is 3.93. The van der Waals surface area contributed by atoms with Crippen molar-refractivity contribution in [1.82, 2.24) is 0 Å². The predicted molar refractivity (Wildman–Crippen MR) is 55.2 cm³/mol. The molecule has 0 aromatic heterocycles. The van der Waals surface area contributed by atoms with E-state index in [1.165, 1.54) is 0 Å². The van der Waals surface area contributed by atoms with Crippen molar-refractivity contribution in [3.63, 3.8) is 0 Å². The second-order valence-electron chi connectivity index (χ2n) is 2.53. The number of benzene rings is 1. The highest BCUT2D eigenvalue weighted by molar-refractivity contribution is 6.43. The zero-order valence-electron chi connectivity index (χ0n) is 6.90. The highest BCUT2D eigenvalue weighted by Gasteiger charge is 2.01. The fraction of sp³-hybridized carbons (Fsp3) is 0.333. The highest BCUT2D eigenvalue weighted by atomic mass is 35.5. The van der Waals surface area contributed by atoms with E-state index in [1.807, 2.05) is 12.1 Å². The maximum absolute atomic E-state index is 5.93. The lowest BCUT2D eigenvalue weighted by molar-refractivity contribution is 0.980. The van der Waals surface area contributed by atoms with Crippen molar-refractivity contribution in [2.45, 2.75) is 13.3 Å². The molecule has 3 heteroatoms. The molecular formula is C9H11Cl2N. The van der Waals surface area contributed by atoms with Crippen LogP contribution in [0.2, 0.25) is 10.0 Å². The van der Waals surface area contributed by atoms with E-state index < -0.39 is 0 Å². The van der Waals surface area contributed by atoms with Crippen LogP contribution < -0.4 is 5.32 Å². The van der Waals surface area contributed by atoms with Gasteiger partial charge >= 0.3 is 0 Å². The quantitative estimate of drug-likeness (QED) is 0.789. The summed E-state index contributed by atoms with van der Waals surface area (Å²) in [6.45, 7) is 3.02. The van der Waals surface area contributed by atoms with Crippen molar-refractivity contribution < 1.29 is 0 Å². The fourth-order valence-electron chi connectivity index (χ4n) is 0.900. The Bertz CT molecular complexity index is 261. The first-order valence-corrected chi connectivity index (χ1v) is 4.69. The molecule has 0 fully saturated rings. The summed E-state index contributed by atoms with van der Waals surface area (Å²) in [5.41, 5.74) is 0.908. The largest absolute Gasteiger partial charge is 0.384 e. The maximum Gasteiger partial charge on any atom is 0.0823 e. The second kappa shape index (κ2) is 4.58. The van der Waals surface area contributed by atoms with Gasteiger partial charge in [-0.1, -0.05) is 36.2 Å². The lowest BCUT2D eigenvalue weighted by Crippen LogP contribution is -1.99. The lowest BCUT2D eigenvalue weighted by Gasteiger charge is -2.07. The van der Waals surface area contributed by atoms with E-state index in [0.29, 0.717) is 10.0 Å². The molecule has 0 amide bonds. The molecule has 0 atom stereocenters. The zero-order valence-corrected chi connectivity index (χ0v) is 8.41. The lowest BCUT2D eigenvalue weighted by atomic mass is 10.3. The Hall–Kier alpha value is -0.400.